The lowest BCUT2D eigenvalue weighted by Gasteiger charge is -2.27. The minimum Gasteiger partial charge on any atom is -0.370 e. The molecule has 2 N–H and O–H groups in total. The number of carbonyl (C=O) groups is 2. The van der Waals surface area contributed by atoms with Gasteiger partial charge in [-0.1, -0.05) is 6.92 Å². The van der Waals surface area contributed by atoms with Crippen molar-refractivity contribution >= 4 is 11.8 Å². The van der Waals surface area contributed by atoms with E-state index in [9.17, 15) is 9.59 Å². The predicted molar refractivity (Wildman–Crippen MR) is 97.0 cm³/mol. The van der Waals surface area contributed by atoms with Gasteiger partial charge in [0.1, 0.15) is 18.8 Å². The van der Waals surface area contributed by atoms with E-state index in [1.165, 1.54) is 11.1 Å². The molecule has 0 unspecified atom stereocenters. The number of rotatable bonds is 9. The van der Waals surface area contributed by atoms with E-state index in [4.69, 9.17) is 4.74 Å². The fraction of sp³-hybridized carbons (Fsp3) is 0.667. The molecule has 2 amide bonds. The Balaban J connectivity index is 1.95. The van der Waals surface area contributed by atoms with Crippen LogP contribution in [0.5, 0.6) is 0 Å². The molecule has 8 nitrogen and oxygen atoms in total. The fourth-order valence-corrected chi connectivity index (χ4v) is 2.77. The van der Waals surface area contributed by atoms with Gasteiger partial charge in [0, 0.05) is 25.7 Å². The highest BCUT2D eigenvalue weighted by Gasteiger charge is 2.21. The van der Waals surface area contributed by atoms with Gasteiger partial charge in [-0.05, 0) is 13.3 Å². The zero-order valence-electron chi connectivity index (χ0n) is 15.8. The van der Waals surface area contributed by atoms with Gasteiger partial charge in [0.15, 0.2) is 0 Å². The maximum atomic E-state index is 12.8. The summed E-state index contributed by atoms with van der Waals surface area (Å²) in [6.45, 7) is 9.72. The lowest BCUT2D eigenvalue weighted by atomic mass is 10.3. The van der Waals surface area contributed by atoms with Crippen LogP contribution in [0.3, 0.4) is 0 Å². The van der Waals surface area contributed by atoms with E-state index in [-0.39, 0.29) is 11.8 Å². The summed E-state index contributed by atoms with van der Waals surface area (Å²) in [5, 5.41) is 2.85. The SMILES string of the molecule is CCCNC(=O)CCN(CC[NH+]1CCOCC1)C(=O)c1cnc(C)cn1. The first-order valence-electron chi connectivity index (χ1n) is 9.36. The molecule has 1 aliphatic heterocycles. The Morgan fingerprint density at radius 3 is 2.65 bits per heavy atom. The van der Waals surface area contributed by atoms with Crippen molar-refractivity contribution in [2.24, 2.45) is 0 Å². The summed E-state index contributed by atoms with van der Waals surface area (Å²) < 4.78 is 5.38. The first-order valence-corrected chi connectivity index (χ1v) is 9.36. The molecule has 26 heavy (non-hydrogen) atoms. The number of ether oxygens (including phenoxy) is 1. The van der Waals surface area contributed by atoms with Crippen molar-refractivity contribution in [3.05, 3.63) is 23.8 Å². The van der Waals surface area contributed by atoms with E-state index < -0.39 is 0 Å². The minimum atomic E-state index is -0.173. The number of nitrogens with one attached hydrogen (secondary N) is 2. The van der Waals surface area contributed by atoms with Gasteiger partial charge in [-0.15, -0.1) is 0 Å². The molecule has 0 radical (unpaired) electrons. The number of aromatic nitrogens is 2. The third-order valence-corrected chi connectivity index (χ3v) is 4.40. The van der Waals surface area contributed by atoms with Crippen LogP contribution in [-0.2, 0) is 9.53 Å². The number of aryl methyl sites for hydroxylation is 1. The van der Waals surface area contributed by atoms with E-state index >= 15 is 0 Å². The lowest BCUT2D eigenvalue weighted by molar-refractivity contribution is -0.907. The van der Waals surface area contributed by atoms with Crippen LogP contribution in [0.15, 0.2) is 12.4 Å². The topological polar surface area (TPSA) is 88.9 Å². The van der Waals surface area contributed by atoms with Crippen LogP contribution in [0.2, 0.25) is 0 Å². The van der Waals surface area contributed by atoms with Gasteiger partial charge < -0.3 is 19.9 Å². The maximum absolute atomic E-state index is 12.8. The molecule has 2 rings (SSSR count). The van der Waals surface area contributed by atoms with Gasteiger partial charge in [-0.25, -0.2) is 4.98 Å². The summed E-state index contributed by atoms with van der Waals surface area (Å²) in [5.41, 5.74) is 1.09. The predicted octanol–water partition coefficient (Wildman–Crippen LogP) is -0.941. The van der Waals surface area contributed by atoms with Gasteiger partial charge >= 0.3 is 0 Å². The molecule has 1 aromatic heterocycles. The highest BCUT2D eigenvalue weighted by atomic mass is 16.5. The second kappa shape index (κ2) is 10.8. The number of carbonyl (C=O) groups excluding carboxylic acids is 2. The van der Waals surface area contributed by atoms with Crippen LogP contribution >= 0.6 is 0 Å². The number of hydrogen-bond acceptors (Lipinski definition) is 5. The van der Waals surface area contributed by atoms with Gasteiger partial charge in [-0.3, -0.25) is 14.6 Å². The second-order valence-electron chi connectivity index (χ2n) is 6.55. The van der Waals surface area contributed by atoms with E-state index in [0.29, 0.717) is 31.7 Å². The van der Waals surface area contributed by atoms with Crippen molar-refractivity contribution < 1.29 is 19.2 Å². The molecular weight excluding hydrogens is 334 g/mol. The molecule has 0 bridgehead atoms. The van der Waals surface area contributed by atoms with Gasteiger partial charge in [0.25, 0.3) is 5.91 Å². The summed E-state index contributed by atoms with van der Waals surface area (Å²) in [6.07, 6.45) is 4.28. The van der Waals surface area contributed by atoms with Gasteiger partial charge in [0.05, 0.1) is 38.2 Å². The Hall–Kier alpha value is -2.06. The highest BCUT2D eigenvalue weighted by Crippen LogP contribution is 2.02. The van der Waals surface area contributed by atoms with E-state index in [1.807, 2.05) is 13.8 Å². The van der Waals surface area contributed by atoms with Crippen molar-refractivity contribution in [2.45, 2.75) is 26.7 Å². The molecule has 8 heteroatoms. The molecule has 0 saturated carbocycles. The van der Waals surface area contributed by atoms with E-state index in [0.717, 1.165) is 45.0 Å². The van der Waals surface area contributed by atoms with Crippen LogP contribution in [0.1, 0.15) is 35.9 Å². The Morgan fingerprint density at radius 2 is 2.00 bits per heavy atom. The average molecular weight is 364 g/mol. The summed E-state index contributed by atoms with van der Waals surface area (Å²) in [5.74, 6) is -0.202. The number of hydrogen-bond donors (Lipinski definition) is 2. The molecule has 1 aliphatic rings. The zero-order chi connectivity index (χ0) is 18.8. The molecular formula is C18H30N5O3+. The normalized spacial score (nSPS) is 14.8. The van der Waals surface area contributed by atoms with Crippen molar-refractivity contribution in [3.63, 3.8) is 0 Å². The average Bonchev–Trinajstić information content (AvgIpc) is 2.67. The Bertz CT molecular complexity index is 573. The molecule has 0 spiro atoms. The van der Waals surface area contributed by atoms with Gasteiger partial charge in [0.2, 0.25) is 5.91 Å². The van der Waals surface area contributed by atoms with Crippen molar-refractivity contribution in [3.8, 4) is 0 Å². The molecule has 0 atom stereocenters. The monoisotopic (exact) mass is 364 g/mol. The molecule has 144 valence electrons. The van der Waals surface area contributed by atoms with E-state index in [1.54, 1.807) is 11.1 Å². The summed E-state index contributed by atoms with van der Waals surface area (Å²) >= 11 is 0. The Labute approximate surface area is 154 Å². The first-order chi connectivity index (χ1) is 12.6. The highest BCUT2D eigenvalue weighted by molar-refractivity contribution is 5.92. The molecule has 1 saturated heterocycles. The minimum absolute atomic E-state index is 0.0293. The zero-order valence-corrected chi connectivity index (χ0v) is 15.8. The third kappa shape index (κ3) is 6.68. The first kappa shape index (κ1) is 20.3. The fourth-order valence-electron chi connectivity index (χ4n) is 2.77. The molecule has 0 aromatic carbocycles. The van der Waals surface area contributed by atoms with Crippen LogP contribution in [0.4, 0.5) is 0 Å². The molecule has 0 aliphatic carbocycles. The quantitative estimate of drug-likeness (QED) is 0.590. The third-order valence-electron chi connectivity index (χ3n) is 4.40. The number of amides is 2. The smallest absolute Gasteiger partial charge is 0.274 e. The maximum Gasteiger partial charge on any atom is 0.274 e. The Kier molecular flexibility index (Phi) is 8.43. The summed E-state index contributed by atoms with van der Waals surface area (Å²) in [4.78, 5) is 36.2. The second-order valence-corrected chi connectivity index (χ2v) is 6.55. The largest absolute Gasteiger partial charge is 0.370 e. The lowest BCUT2D eigenvalue weighted by Crippen LogP contribution is -3.14. The summed E-state index contributed by atoms with van der Waals surface area (Å²) in [7, 11) is 0. The number of quaternary nitrogens is 1. The van der Waals surface area contributed by atoms with E-state index in [2.05, 4.69) is 15.3 Å². The van der Waals surface area contributed by atoms with Crippen molar-refractivity contribution in [2.75, 3.05) is 52.5 Å². The van der Waals surface area contributed by atoms with Gasteiger partial charge in [-0.2, -0.15) is 0 Å². The van der Waals surface area contributed by atoms with Crippen LogP contribution in [-0.4, -0.2) is 79.2 Å². The standard InChI is InChI=1S/C18H29N5O3/c1-3-5-19-17(24)4-6-23(8-7-22-9-11-26-12-10-22)18(25)16-14-20-15(2)13-21-16/h13-14H,3-12H2,1-2H3,(H,19,24)/p+1. The van der Waals surface area contributed by atoms with Crippen LogP contribution in [0, 0.1) is 6.92 Å². The summed E-state index contributed by atoms with van der Waals surface area (Å²) in [6, 6.07) is 0. The van der Waals surface area contributed by atoms with Crippen molar-refractivity contribution in [1.29, 1.82) is 0 Å². The molecule has 2 heterocycles. The van der Waals surface area contributed by atoms with Crippen LogP contribution in [0.25, 0.3) is 0 Å². The van der Waals surface area contributed by atoms with Crippen LogP contribution < -0.4 is 10.2 Å². The molecule has 1 aromatic rings. The van der Waals surface area contributed by atoms with Crippen molar-refractivity contribution in [1.82, 2.24) is 20.2 Å². The Morgan fingerprint density at radius 1 is 1.23 bits per heavy atom. The molecule has 1 fully saturated rings. The number of morpholine rings is 1. The number of nitrogens with zero attached hydrogens (tertiary/aromatic N) is 3.